The number of amides is 1. The molecule has 1 spiro atoms. The molecule has 0 radical (unpaired) electrons. The van der Waals surface area contributed by atoms with Crippen LogP contribution in [-0.4, -0.2) is 36.8 Å². The Balaban J connectivity index is 1.37. The van der Waals surface area contributed by atoms with Crippen LogP contribution in [0.2, 0.25) is 0 Å². The van der Waals surface area contributed by atoms with Gasteiger partial charge in [0.2, 0.25) is 0 Å². The van der Waals surface area contributed by atoms with Crippen LogP contribution in [0.25, 0.3) is 0 Å². The van der Waals surface area contributed by atoms with Gasteiger partial charge in [-0.05, 0) is 43.5 Å². The first-order valence-electron chi connectivity index (χ1n) is 7.94. The molecule has 1 aliphatic carbocycles. The minimum atomic E-state index is -0.156. The second-order valence-corrected chi connectivity index (χ2v) is 7.34. The number of carbonyl (C=O) groups is 1. The molecule has 120 valence electrons. The average molecular weight is 368 g/mol. The normalized spacial score (nSPS) is 19.5. The lowest BCUT2D eigenvalue weighted by Crippen LogP contribution is -2.65. The third-order valence-corrected chi connectivity index (χ3v) is 5.00. The molecule has 2 fully saturated rings. The molecule has 0 N–H and O–H groups in total. The molecular formula is C17H22BrNO3. The van der Waals surface area contributed by atoms with Crippen molar-refractivity contribution in [2.24, 2.45) is 5.41 Å². The lowest BCUT2D eigenvalue weighted by atomic mass is 9.62. The summed E-state index contributed by atoms with van der Waals surface area (Å²) in [6.45, 7) is 4.26. The van der Waals surface area contributed by atoms with Gasteiger partial charge in [-0.25, -0.2) is 4.79 Å². The Morgan fingerprint density at radius 1 is 1.32 bits per heavy atom. The third kappa shape index (κ3) is 3.40. The fraction of sp³-hybridized carbons (Fsp3) is 0.588. The van der Waals surface area contributed by atoms with Crippen molar-refractivity contribution in [1.29, 1.82) is 0 Å². The summed E-state index contributed by atoms with van der Waals surface area (Å²) >= 11 is 3.42. The Kier molecular flexibility index (Phi) is 4.62. The van der Waals surface area contributed by atoms with Crippen molar-refractivity contribution in [3.63, 3.8) is 0 Å². The maximum Gasteiger partial charge on any atom is 0.409 e. The van der Waals surface area contributed by atoms with Gasteiger partial charge in [0.15, 0.2) is 0 Å². The monoisotopic (exact) mass is 367 g/mol. The van der Waals surface area contributed by atoms with E-state index in [0.29, 0.717) is 6.61 Å². The van der Waals surface area contributed by atoms with Gasteiger partial charge >= 0.3 is 6.09 Å². The van der Waals surface area contributed by atoms with Crippen molar-refractivity contribution in [3.05, 3.63) is 28.7 Å². The van der Waals surface area contributed by atoms with E-state index < -0.39 is 0 Å². The molecule has 1 amide bonds. The maximum absolute atomic E-state index is 11.8. The number of likely N-dealkylation sites (tertiary alicyclic amines) is 1. The van der Waals surface area contributed by atoms with Crippen molar-refractivity contribution in [1.82, 2.24) is 4.90 Å². The quantitative estimate of drug-likeness (QED) is 0.731. The molecule has 0 bridgehead atoms. The zero-order valence-corrected chi connectivity index (χ0v) is 14.5. The number of ether oxygens (including phenoxy) is 2. The van der Waals surface area contributed by atoms with E-state index in [-0.39, 0.29) is 17.6 Å². The number of hydrogen-bond donors (Lipinski definition) is 0. The van der Waals surface area contributed by atoms with Crippen LogP contribution in [0, 0.1) is 5.41 Å². The Morgan fingerprint density at radius 3 is 2.64 bits per heavy atom. The topological polar surface area (TPSA) is 38.8 Å². The fourth-order valence-electron chi connectivity index (χ4n) is 3.24. The predicted molar refractivity (Wildman–Crippen MR) is 88.1 cm³/mol. The summed E-state index contributed by atoms with van der Waals surface area (Å²) in [5.41, 5.74) is 0.282. The summed E-state index contributed by atoms with van der Waals surface area (Å²) in [6, 6.07) is 7.93. The van der Waals surface area contributed by atoms with E-state index in [0.717, 1.165) is 49.0 Å². The van der Waals surface area contributed by atoms with Crippen LogP contribution in [0.15, 0.2) is 28.7 Å². The molecule has 2 aliphatic rings. The molecule has 0 atom stereocenters. The van der Waals surface area contributed by atoms with Gasteiger partial charge in [-0.2, -0.15) is 0 Å². The number of nitrogens with zero attached hydrogens (tertiary/aromatic N) is 1. The molecule has 1 saturated carbocycles. The summed E-state index contributed by atoms with van der Waals surface area (Å²) in [4.78, 5) is 13.6. The molecule has 0 unspecified atom stereocenters. The van der Waals surface area contributed by atoms with E-state index in [1.54, 1.807) is 0 Å². The summed E-state index contributed by atoms with van der Waals surface area (Å²) in [7, 11) is 0. The van der Waals surface area contributed by atoms with Crippen molar-refractivity contribution in [2.45, 2.75) is 38.7 Å². The molecule has 1 aliphatic heterocycles. The van der Waals surface area contributed by atoms with Gasteiger partial charge < -0.3 is 14.4 Å². The number of halogens is 1. The molecular weight excluding hydrogens is 346 g/mol. The zero-order chi connectivity index (χ0) is 15.6. The van der Waals surface area contributed by atoms with Crippen LogP contribution in [0.4, 0.5) is 4.79 Å². The zero-order valence-electron chi connectivity index (χ0n) is 12.9. The largest absolute Gasteiger partial charge is 0.490 e. The van der Waals surface area contributed by atoms with E-state index in [9.17, 15) is 4.79 Å². The number of carbonyl (C=O) groups excluding carboxylic acids is 1. The Bertz CT molecular complexity index is 517. The van der Waals surface area contributed by atoms with E-state index >= 15 is 0 Å². The highest BCUT2D eigenvalue weighted by Gasteiger charge is 2.55. The Labute approximate surface area is 139 Å². The Morgan fingerprint density at radius 2 is 2.00 bits per heavy atom. The van der Waals surface area contributed by atoms with E-state index in [1.807, 2.05) is 29.2 Å². The molecule has 3 rings (SSSR count). The molecule has 1 heterocycles. The number of unbranched alkanes of at least 4 members (excludes halogenated alkanes) is 1. The summed E-state index contributed by atoms with van der Waals surface area (Å²) < 4.78 is 12.2. The van der Waals surface area contributed by atoms with Crippen LogP contribution >= 0.6 is 15.9 Å². The summed E-state index contributed by atoms with van der Waals surface area (Å²) in [6.07, 6.45) is 4.17. The Hall–Kier alpha value is -1.23. The lowest BCUT2D eigenvalue weighted by molar-refractivity contribution is -0.110. The minimum absolute atomic E-state index is 0.156. The first kappa shape index (κ1) is 15.7. The SMILES string of the molecule is CCCCOC(=O)N1CC2(CC(Oc3ccc(Br)cc3)C2)C1. The first-order chi connectivity index (χ1) is 10.6. The van der Waals surface area contributed by atoms with Crippen molar-refractivity contribution in [2.75, 3.05) is 19.7 Å². The van der Waals surface area contributed by atoms with Crippen LogP contribution in [0.5, 0.6) is 5.75 Å². The van der Waals surface area contributed by atoms with E-state index in [2.05, 4.69) is 22.9 Å². The fourth-order valence-corrected chi connectivity index (χ4v) is 3.51. The molecule has 4 nitrogen and oxygen atoms in total. The number of hydrogen-bond acceptors (Lipinski definition) is 3. The lowest BCUT2D eigenvalue weighted by Gasteiger charge is -2.57. The second-order valence-electron chi connectivity index (χ2n) is 6.43. The maximum atomic E-state index is 11.8. The van der Waals surface area contributed by atoms with Crippen molar-refractivity contribution >= 4 is 22.0 Å². The minimum Gasteiger partial charge on any atom is -0.490 e. The smallest absolute Gasteiger partial charge is 0.409 e. The van der Waals surface area contributed by atoms with Gasteiger partial charge in [0.25, 0.3) is 0 Å². The van der Waals surface area contributed by atoms with Crippen LogP contribution in [-0.2, 0) is 4.74 Å². The third-order valence-electron chi connectivity index (χ3n) is 4.47. The number of benzene rings is 1. The van der Waals surface area contributed by atoms with Crippen LogP contribution in [0.1, 0.15) is 32.6 Å². The van der Waals surface area contributed by atoms with Gasteiger partial charge in [0.05, 0.1) is 6.61 Å². The molecule has 22 heavy (non-hydrogen) atoms. The predicted octanol–water partition coefficient (Wildman–Crippen LogP) is 4.23. The molecule has 0 aromatic heterocycles. The second kappa shape index (κ2) is 6.49. The number of rotatable bonds is 5. The molecule has 1 saturated heterocycles. The van der Waals surface area contributed by atoms with E-state index in [4.69, 9.17) is 9.47 Å². The van der Waals surface area contributed by atoms with Crippen LogP contribution < -0.4 is 4.74 Å². The van der Waals surface area contributed by atoms with Gasteiger partial charge in [-0.3, -0.25) is 0 Å². The summed E-state index contributed by atoms with van der Waals surface area (Å²) in [5.74, 6) is 0.915. The van der Waals surface area contributed by atoms with Crippen molar-refractivity contribution < 1.29 is 14.3 Å². The van der Waals surface area contributed by atoms with Gasteiger partial charge in [0, 0.05) is 23.0 Å². The highest BCUT2D eigenvalue weighted by molar-refractivity contribution is 9.10. The first-order valence-corrected chi connectivity index (χ1v) is 8.73. The molecule has 5 heteroatoms. The highest BCUT2D eigenvalue weighted by atomic mass is 79.9. The summed E-state index contributed by atoms with van der Waals surface area (Å²) in [5, 5.41) is 0. The van der Waals surface area contributed by atoms with Crippen molar-refractivity contribution in [3.8, 4) is 5.75 Å². The average Bonchev–Trinajstić information content (AvgIpc) is 2.42. The van der Waals surface area contributed by atoms with Gasteiger partial charge in [-0.1, -0.05) is 29.3 Å². The van der Waals surface area contributed by atoms with E-state index in [1.165, 1.54) is 0 Å². The standard InChI is InChI=1S/C17H22BrNO3/c1-2-3-8-21-16(20)19-11-17(12-19)9-15(10-17)22-14-6-4-13(18)5-7-14/h4-7,15H,2-3,8-12H2,1H3. The molecule has 1 aromatic carbocycles. The molecule has 1 aromatic rings. The van der Waals surface area contributed by atoms with Crippen LogP contribution in [0.3, 0.4) is 0 Å². The highest BCUT2D eigenvalue weighted by Crippen LogP contribution is 2.49. The van der Waals surface area contributed by atoms with Gasteiger partial charge in [0.1, 0.15) is 11.9 Å². The van der Waals surface area contributed by atoms with Gasteiger partial charge in [-0.15, -0.1) is 0 Å².